The minimum absolute atomic E-state index is 0.104. The standard InChI is InChI=1S/C12H12ClN5O3/c1-7-5-10(17-21-7)14-11(19)6-18(2)12(20)8-3-4-9(13)16-15-8/h3-5H,6H2,1-2H3,(H,14,17,19). The number of hydrogen-bond donors (Lipinski definition) is 1. The number of nitrogens with zero attached hydrogens (tertiary/aromatic N) is 4. The van der Waals surface area contributed by atoms with Crippen LogP contribution in [0.5, 0.6) is 0 Å². The second kappa shape index (κ2) is 6.31. The van der Waals surface area contributed by atoms with Crippen LogP contribution in [0.1, 0.15) is 16.2 Å². The van der Waals surface area contributed by atoms with E-state index in [1.807, 2.05) is 0 Å². The first-order chi connectivity index (χ1) is 9.95. The molecule has 0 saturated heterocycles. The van der Waals surface area contributed by atoms with Crippen molar-refractivity contribution >= 4 is 29.2 Å². The molecule has 8 nitrogen and oxygen atoms in total. The van der Waals surface area contributed by atoms with Crippen molar-refractivity contribution in [1.82, 2.24) is 20.3 Å². The zero-order valence-electron chi connectivity index (χ0n) is 11.3. The summed E-state index contributed by atoms with van der Waals surface area (Å²) in [5.41, 5.74) is 0.104. The Bertz CT molecular complexity index is 655. The van der Waals surface area contributed by atoms with Crippen molar-refractivity contribution in [2.75, 3.05) is 18.9 Å². The zero-order valence-corrected chi connectivity index (χ0v) is 12.1. The topological polar surface area (TPSA) is 101 Å². The van der Waals surface area contributed by atoms with E-state index in [2.05, 4.69) is 20.7 Å². The minimum atomic E-state index is -0.439. The summed E-state index contributed by atoms with van der Waals surface area (Å²) in [6.07, 6.45) is 0. The van der Waals surface area contributed by atoms with Crippen molar-refractivity contribution in [3.8, 4) is 0 Å². The maximum absolute atomic E-state index is 12.0. The molecule has 2 rings (SSSR count). The number of anilines is 1. The third-order valence-corrected chi connectivity index (χ3v) is 2.68. The molecule has 0 unspecified atom stereocenters. The molecule has 2 amide bonds. The number of amides is 2. The molecule has 110 valence electrons. The van der Waals surface area contributed by atoms with Gasteiger partial charge in [-0.1, -0.05) is 16.8 Å². The maximum Gasteiger partial charge on any atom is 0.274 e. The second-order valence-corrected chi connectivity index (χ2v) is 4.66. The molecule has 0 fully saturated rings. The predicted molar refractivity (Wildman–Crippen MR) is 73.9 cm³/mol. The summed E-state index contributed by atoms with van der Waals surface area (Å²) in [5, 5.41) is 13.6. The molecule has 0 saturated carbocycles. The minimum Gasteiger partial charge on any atom is -0.360 e. The molecule has 0 aromatic carbocycles. The summed E-state index contributed by atoms with van der Waals surface area (Å²) in [4.78, 5) is 25.0. The van der Waals surface area contributed by atoms with E-state index >= 15 is 0 Å². The average Bonchev–Trinajstić information content (AvgIpc) is 2.83. The van der Waals surface area contributed by atoms with E-state index < -0.39 is 11.8 Å². The molecule has 2 aromatic heterocycles. The van der Waals surface area contributed by atoms with Crippen molar-refractivity contribution in [2.24, 2.45) is 0 Å². The number of carbonyl (C=O) groups is 2. The third kappa shape index (κ3) is 3.99. The highest BCUT2D eigenvalue weighted by molar-refractivity contribution is 6.29. The van der Waals surface area contributed by atoms with Crippen LogP contribution in [-0.2, 0) is 4.79 Å². The summed E-state index contributed by atoms with van der Waals surface area (Å²) >= 11 is 5.59. The Kier molecular flexibility index (Phi) is 4.49. The van der Waals surface area contributed by atoms with Crippen LogP contribution in [0.25, 0.3) is 0 Å². The van der Waals surface area contributed by atoms with Gasteiger partial charge in [0.2, 0.25) is 5.91 Å². The van der Waals surface area contributed by atoms with Gasteiger partial charge in [-0.25, -0.2) is 0 Å². The van der Waals surface area contributed by atoms with Crippen LogP contribution >= 0.6 is 11.6 Å². The third-order valence-electron chi connectivity index (χ3n) is 2.47. The van der Waals surface area contributed by atoms with Crippen LogP contribution in [0.15, 0.2) is 22.7 Å². The molecule has 0 spiro atoms. The number of likely N-dealkylation sites (N-methyl/N-ethyl adjacent to an activating group) is 1. The number of hydrogen-bond acceptors (Lipinski definition) is 6. The van der Waals surface area contributed by atoms with Crippen LogP contribution in [-0.4, -0.2) is 45.7 Å². The van der Waals surface area contributed by atoms with Gasteiger partial charge in [0.15, 0.2) is 16.7 Å². The number of halogens is 1. The number of nitrogens with one attached hydrogen (secondary N) is 1. The molecule has 1 N–H and O–H groups in total. The number of carbonyl (C=O) groups excluding carboxylic acids is 2. The molecular formula is C12H12ClN5O3. The largest absolute Gasteiger partial charge is 0.360 e. The van der Waals surface area contributed by atoms with Gasteiger partial charge in [-0.3, -0.25) is 9.59 Å². The number of rotatable bonds is 4. The van der Waals surface area contributed by atoms with E-state index in [1.165, 1.54) is 24.1 Å². The molecule has 0 radical (unpaired) electrons. The highest BCUT2D eigenvalue weighted by atomic mass is 35.5. The fourth-order valence-electron chi connectivity index (χ4n) is 1.52. The van der Waals surface area contributed by atoms with E-state index in [0.717, 1.165) is 0 Å². The van der Waals surface area contributed by atoms with E-state index in [-0.39, 0.29) is 17.4 Å². The maximum atomic E-state index is 12.0. The van der Waals surface area contributed by atoms with E-state index in [9.17, 15) is 9.59 Å². The molecule has 0 aliphatic carbocycles. The molecule has 0 bridgehead atoms. The van der Waals surface area contributed by atoms with Crippen LogP contribution in [0.3, 0.4) is 0 Å². The lowest BCUT2D eigenvalue weighted by molar-refractivity contribution is -0.116. The molecule has 0 atom stereocenters. The quantitative estimate of drug-likeness (QED) is 0.908. The highest BCUT2D eigenvalue weighted by Gasteiger charge is 2.17. The smallest absolute Gasteiger partial charge is 0.274 e. The highest BCUT2D eigenvalue weighted by Crippen LogP contribution is 2.07. The molecule has 0 aliphatic heterocycles. The van der Waals surface area contributed by atoms with Gasteiger partial charge in [0.05, 0.1) is 6.54 Å². The average molecular weight is 310 g/mol. The fraction of sp³-hybridized carbons (Fsp3) is 0.250. The normalized spacial score (nSPS) is 10.2. The van der Waals surface area contributed by atoms with E-state index in [4.69, 9.17) is 16.1 Å². The molecule has 2 heterocycles. The van der Waals surface area contributed by atoms with Gasteiger partial charge in [-0.05, 0) is 19.1 Å². The lowest BCUT2D eigenvalue weighted by atomic mass is 10.3. The molecule has 2 aromatic rings. The molecule has 0 aliphatic rings. The Morgan fingerprint density at radius 2 is 2.14 bits per heavy atom. The summed E-state index contributed by atoms with van der Waals surface area (Å²) in [6.45, 7) is 1.55. The van der Waals surface area contributed by atoms with Crippen molar-refractivity contribution in [2.45, 2.75) is 6.92 Å². The van der Waals surface area contributed by atoms with Crippen LogP contribution in [0.4, 0.5) is 5.82 Å². The van der Waals surface area contributed by atoms with Crippen molar-refractivity contribution in [1.29, 1.82) is 0 Å². The van der Waals surface area contributed by atoms with Crippen molar-refractivity contribution in [3.05, 3.63) is 34.8 Å². The van der Waals surface area contributed by atoms with E-state index in [1.54, 1.807) is 13.0 Å². The first-order valence-electron chi connectivity index (χ1n) is 5.93. The van der Waals surface area contributed by atoms with Crippen LogP contribution in [0, 0.1) is 6.92 Å². The summed E-state index contributed by atoms with van der Waals surface area (Å²) in [6, 6.07) is 4.46. The molecule has 21 heavy (non-hydrogen) atoms. The summed E-state index contributed by atoms with van der Waals surface area (Å²) in [7, 11) is 1.48. The summed E-state index contributed by atoms with van der Waals surface area (Å²) < 4.78 is 4.82. The van der Waals surface area contributed by atoms with Crippen molar-refractivity contribution in [3.63, 3.8) is 0 Å². The second-order valence-electron chi connectivity index (χ2n) is 4.27. The fourth-order valence-corrected chi connectivity index (χ4v) is 1.62. The SMILES string of the molecule is Cc1cc(NC(=O)CN(C)C(=O)c2ccc(Cl)nn2)no1. The lowest BCUT2D eigenvalue weighted by Crippen LogP contribution is -2.35. The van der Waals surface area contributed by atoms with Gasteiger partial charge in [0.25, 0.3) is 5.91 Å². The number of aromatic nitrogens is 3. The van der Waals surface area contributed by atoms with Crippen molar-refractivity contribution < 1.29 is 14.1 Å². The first kappa shape index (κ1) is 14.9. The Morgan fingerprint density at radius 3 is 2.71 bits per heavy atom. The molecule has 9 heteroatoms. The first-order valence-corrected chi connectivity index (χ1v) is 6.31. The Hall–Kier alpha value is -2.48. The van der Waals surface area contributed by atoms with Gasteiger partial charge in [0, 0.05) is 13.1 Å². The van der Waals surface area contributed by atoms with E-state index in [0.29, 0.717) is 11.6 Å². The Labute approximate surface area is 125 Å². The lowest BCUT2D eigenvalue weighted by Gasteiger charge is -2.15. The monoisotopic (exact) mass is 309 g/mol. The van der Waals surface area contributed by atoms with Gasteiger partial charge < -0.3 is 14.7 Å². The van der Waals surface area contributed by atoms with Gasteiger partial charge in [-0.2, -0.15) is 0 Å². The van der Waals surface area contributed by atoms with Gasteiger partial charge in [-0.15, -0.1) is 10.2 Å². The van der Waals surface area contributed by atoms with Crippen LogP contribution in [0.2, 0.25) is 5.15 Å². The molecular weight excluding hydrogens is 298 g/mol. The van der Waals surface area contributed by atoms with Gasteiger partial charge in [0.1, 0.15) is 5.76 Å². The summed E-state index contributed by atoms with van der Waals surface area (Å²) in [5.74, 6) is 0.0301. The predicted octanol–water partition coefficient (Wildman–Crippen LogP) is 1.14. The Morgan fingerprint density at radius 1 is 1.38 bits per heavy atom. The number of aryl methyl sites for hydroxylation is 1. The Balaban J connectivity index is 1.94. The van der Waals surface area contributed by atoms with Gasteiger partial charge >= 0.3 is 0 Å². The van der Waals surface area contributed by atoms with Crippen LogP contribution < -0.4 is 5.32 Å². The zero-order chi connectivity index (χ0) is 15.4.